The number of benzene rings is 2. The van der Waals surface area contributed by atoms with Crippen LogP contribution in [-0.4, -0.2) is 10.9 Å². The molecule has 4 nitrogen and oxygen atoms in total. The van der Waals surface area contributed by atoms with Crippen molar-refractivity contribution in [2.45, 2.75) is 13.0 Å². The van der Waals surface area contributed by atoms with E-state index >= 15 is 0 Å². The highest BCUT2D eigenvalue weighted by Crippen LogP contribution is 2.20. The van der Waals surface area contributed by atoms with Gasteiger partial charge in [-0.3, -0.25) is 9.78 Å². The van der Waals surface area contributed by atoms with Gasteiger partial charge < -0.3 is 10.6 Å². The van der Waals surface area contributed by atoms with Crippen LogP contribution in [0.15, 0.2) is 73.1 Å². The van der Waals surface area contributed by atoms with E-state index < -0.39 is 0 Å². The van der Waals surface area contributed by atoms with Gasteiger partial charge in [0.2, 0.25) is 0 Å². The minimum absolute atomic E-state index is 0.106. The van der Waals surface area contributed by atoms with Crippen molar-refractivity contribution in [1.82, 2.24) is 4.98 Å². The summed E-state index contributed by atoms with van der Waals surface area (Å²) in [5.74, 6) is -0.231. The number of halogens is 1. The van der Waals surface area contributed by atoms with Crippen LogP contribution in [0.1, 0.15) is 28.9 Å². The maximum Gasteiger partial charge on any atom is 0.257 e. The molecule has 0 radical (unpaired) electrons. The van der Waals surface area contributed by atoms with Crippen molar-refractivity contribution >= 4 is 28.9 Å². The Morgan fingerprint density at radius 1 is 1.00 bits per heavy atom. The van der Waals surface area contributed by atoms with Crippen LogP contribution in [0.4, 0.5) is 11.4 Å². The molecule has 1 amide bonds. The number of aromatic nitrogens is 1. The molecule has 0 saturated heterocycles. The van der Waals surface area contributed by atoms with Gasteiger partial charge in [-0.05, 0) is 36.8 Å². The third-order valence-corrected chi connectivity index (χ3v) is 4.00. The van der Waals surface area contributed by atoms with E-state index in [-0.39, 0.29) is 11.9 Å². The van der Waals surface area contributed by atoms with Crippen LogP contribution >= 0.6 is 11.6 Å². The first-order valence-corrected chi connectivity index (χ1v) is 8.33. The first-order chi connectivity index (χ1) is 12.1. The quantitative estimate of drug-likeness (QED) is 0.667. The van der Waals surface area contributed by atoms with Crippen molar-refractivity contribution in [3.8, 4) is 0 Å². The fourth-order valence-electron chi connectivity index (χ4n) is 2.49. The molecule has 2 aromatic carbocycles. The molecule has 0 aliphatic rings. The Bertz CT molecular complexity index is 868. The van der Waals surface area contributed by atoms with E-state index in [1.165, 1.54) is 6.20 Å². The first kappa shape index (κ1) is 17.0. The van der Waals surface area contributed by atoms with Crippen LogP contribution in [0.25, 0.3) is 0 Å². The monoisotopic (exact) mass is 351 g/mol. The van der Waals surface area contributed by atoms with E-state index in [0.717, 1.165) is 11.3 Å². The Kier molecular flexibility index (Phi) is 5.31. The van der Waals surface area contributed by atoms with Crippen LogP contribution in [0.2, 0.25) is 5.02 Å². The lowest BCUT2D eigenvalue weighted by Crippen LogP contribution is -2.13. The Morgan fingerprint density at radius 2 is 1.80 bits per heavy atom. The molecule has 0 bridgehead atoms. The summed E-state index contributed by atoms with van der Waals surface area (Å²) in [6.45, 7) is 2.06. The summed E-state index contributed by atoms with van der Waals surface area (Å²) < 4.78 is 0. The van der Waals surface area contributed by atoms with Crippen molar-refractivity contribution in [3.63, 3.8) is 0 Å². The summed E-state index contributed by atoms with van der Waals surface area (Å²) in [6.07, 6.45) is 3.24. The number of anilines is 2. The molecule has 5 heteroatoms. The van der Waals surface area contributed by atoms with Crippen LogP contribution in [0, 0.1) is 0 Å². The number of carbonyl (C=O) groups is 1. The van der Waals surface area contributed by atoms with Gasteiger partial charge in [-0.1, -0.05) is 48.0 Å². The lowest BCUT2D eigenvalue weighted by molar-refractivity contribution is 0.102. The van der Waals surface area contributed by atoms with Gasteiger partial charge in [0.15, 0.2) is 0 Å². The zero-order valence-corrected chi connectivity index (χ0v) is 14.5. The zero-order valence-electron chi connectivity index (χ0n) is 13.7. The van der Waals surface area contributed by atoms with Crippen LogP contribution < -0.4 is 10.6 Å². The Labute approximate surface area is 151 Å². The van der Waals surface area contributed by atoms with Gasteiger partial charge in [0.05, 0.1) is 11.3 Å². The average Bonchev–Trinajstić information content (AvgIpc) is 2.62. The Balaban J connectivity index is 1.71. The second kappa shape index (κ2) is 7.81. The normalized spacial score (nSPS) is 11.6. The highest BCUT2D eigenvalue weighted by atomic mass is 35.5. The van der Waals surface area contributed by atoms with Gasteiger partial charge in [-0.25, -0.2) is 0 Å². The molecule has 2 N–H and O–H groups in total. The van der Waals surface area contributed by atoms with Crippen molar-refractivity contribution in [1.29, 1.82) is 0 Å². The Morgan fingerprint density at radius 3 is 2.56 bits per heavy atom. The summed E-state index contributed by atoms with van der Waals surface area (Å²) in [6, 6.07) is 19.0. The lowest BCUT2D eigenvalue weighted by atomic mass is 10.1. The van der Waals surface area contributed by atoms with Crippen LogP contribution in [0.5, 0.6) is 0 Å². The number of nitrogens with zero attached hydrogens (tertiary/aromatic N) is 1. The van der Waals surface area contributed by atoms with E-state index in [2.05, 4.69) is 34.7 Å². The topological polar surface area (TPSA) is 54.0 Å². The van der Waals surface area contributed by atoms with Gasteiger partial charge in [0, 0.05) is 29.1 Å². The molecule has 126 valence electrons. The minimum atomic E-state index is -0.231. The Hall–Kier alpha value is -2.85. The second-order valence-electron chi connectivity index (χ2n) is 5.70. The smallest absolute Gasteiger partial charge is 0.257 e. The van der Waals surface area contributed by atoms with Gasteiger partial charge in [0.25, 0.3) is 5.91 Å². The minimum Gasteiger partial charge on any atom is -0.377 e. The predicted octanol–water partition coefficient (Wildman–Crippen LogP) is 5.16. The molecule has 3 rings (SSSR count). The highest BCUT2D eigenvalue weighted by Gasteiger charge is 2.10. The zero-order chi connectivity index (χ0) is 17.6. The summed E-state index contributed by atoms with van der Waals surface area (Å²) >= 11 is 5.94. The van der Waals surface area contributed by atoms with E-state index in [1.54, 1.807) is 36.5 Å². The number of hydrogen-bond donors (Lipinski definition) is 2. The molecule has 1 unspecified atom stereocenters. The number of pyridine rings is 1. The maximum atomic E-state index is 12.4. The first-order valence-electron chi connectivity index (χ1n) is 7.95. The maximum absolute atomic E-state index is 12.4. The fourth-order valence-corrected chi connectivity index (χ4v) is 2.68. The third kappa shape index (κ3) is 4.58. The second-order valence-corrected chi connectivity index (χ2v) is 6.14. The van der Waals surface area contributed by atoms with Crippen molar-refractivity contribution in [2.75, 3.05) is 10.6 Å². The summed E-state index contributed by atoms with van der Waals surface area (Å²) in [5, 5.41) is 6.76. The fraction of sp³-hybridized carbons (Fsp3) is 0.100. The predicted molar refractivity (Wildman–Crippen MR) is 102 cm³/mol. The number of hydrogen-bond acceptors (Lipinski definition) is 3. The number of rotatable bonds is 5. The number of carbonyl (C=O) groups excluding carboxylic acids is 1. The molecule has 1 aromatic heterocycles. The standard InChI is InChI=1S/C20H18ClN3O/c1-14(15-6-3-2-4-7-15)23-19-10-16(12-22-13-19)20(25)24-18-9-5-8-17(21)11-18/h2-14,23H,1H3,(H,24,25). The van der Waals surface area contributed by atoms with E-state index in [1.807, 2.05) is 18.2 Å². The third-order valence-electron chi connectivity index (χ3n) is 3.77. The van der Waals surface area contributed by atoms with Gasteiger partial charge in [-0.15, -0.1) is 0 Å². The molecular weight excluding hydrogens is 334 g/mol. The largest absolute Gasteiger partial charge is 0.377 e. The lowest BCUT2D eigenvalue weighted by Gasteiger charge is -2.16. The molecule has 0 fully saturated rings. The van der Waals surface area contributed by atoms with Crippen LogP contribution in [-0.2, 0) is 0 Å². The SMILES string of the molecule is CC(Nc1cncc(C(=O)Nc2cccc(Cl)c2)c1)c1ccccc1. The number of amides is 1. The van der Waals surface area contributed by atoms with Crippen LogP contribution in [0.3, 0.4) is 0 Å². The summed E-state index contributed by atoms with van der Waals surface area (Å²) in [7, 11) is 0. The molecule has 0 aliphatic heterocycles. The molecule has 1 heterocycles. The molecule has 0 spiro atoms. The summed E-state index contributed by atoms with van der Waals surface area (Å²) in [4.78, 5) is 16.6. The average molecular weight is 352 g/mol. The number of nitrogens with one attached hydrogen (secondary N) is 2. The van der Waals surface area contributed by atoms with Crippen molar-refractivity contribution < 1.29 is 4.79 Å². The van der Waals surface area contributed by atoms with Gasteiger partial charge in [-0.2, -0.15) is 0 Å². The van der Waals surface area contributed by atoms with E-state index in [4.69, 9.17) is 11.6 Å². The molecule has 0 aliphatic carbocycles. The van der Waals surface area contributed by atoms with Crippen molar-refractivity contribution in [3.05, 3.63) is 89.2 Å². The highest BCUT2D eigenvalue weighted by molar-refractivity contribution is 6.30. The van der Waals surface area contributed by atoms with Gasteiger partial charge in [0.1, 0.15) is 0 Å². The molecule has 25 heavy (non-hydrogen) atoms. The molecule has 3 aromatic rings. The van der Waals surface area contributed by atoms with E-state index in [9.17, 15) is 4.79 Å². The molecular formula is C20H18ClN3O. The van der Waals surface area contributed by atoms with E-state index in [0.29, 0.717) is 16.3 Å². The molecule has 1 atom stereocenters. The van der Waals surface area contributed by atoms with Crippen molar-refractivity contribution in [2.24, 2.45) is 0 Å². The summed E-state index contributed by atoms with van der Waals surface area (Å²) in [5.41, 5.74) is 3.07. The molecule has 0 saturated carbocycles. The van der Waals surface area contributed by atoms with Gasteiger partial charge >= 0.3 is 0 Å².